The number of aromatic amines is 1. The van der Waals surface area contributed by atoms with Crippen molar-refractivity contribution in [3.63, 3.8) is 0 Å². The van der Waals surface area contributed by atoms with Crippen LogP contribution in [-0.4, -0.2) is 41.0 Å². The third-order valence-electron chi connectivity index (χ3n) is 6.29. The lowest BCUT2D eigenvalue weighted by Gasteiger charge is -2.27. The molecule has 29 heavy (non-hydrogen) atoms. The lowest BCUT2D eigenvalue weighted by atomic mass is 9.60. The number of hydroxylamine groups is 1. The minimum atomic E-state index is -0.788. The van der Waals surface area contributed by atoms with Gasteiger partial charge in [-0.15, -0.1) is 0 Å². The fourth-order valence-electron chi connectivity index (χ4n) is 4.78. The Kier molecular flexibility index (Phi) is 3.99. The predicted octanol–water partition coefficient (Wildman–Crippen LogP) is 0.195. The molecule has 1 fully saturated rings. The average molecular weight is 387 g/mol. The van der Waals surface area contributed by atoms with Crippen LogP contribution in [0.25, 0.3) is 22.2 Å². The molecule has 1 saturated heterocycles. The van der Waals surface area contributed by atoms with Crippen molar-refractivity contribution in [2.24, 2.45) is 0 Å². The van der Waals surface area contributed by atoms with E-state index in [2.05, 4.69) is 23.6 Å². The van der Waals surface area contributed by atoms with Crippen LogP contribution in [0.2, 0.25) is 0 Å². The van der Waals surface area contributed by atoms with Crippen LogP contribution in [0.4, 0.5) is 4.39 Å². The second-order valence-corrected chi connectivity index (χ2v) is 8.70. The number of nitrogens with one attached hydrogen (secondary N) is 3. The average Bonchev–Trinajstić information content (AvgIpc) is 3.28. The van der Waals surface area contributed by atoms with Gasteiger partial charge in [0, 0.05) is 27.5 Å². The maximum absolute atomic E-state index is 15.2. The van der Waals surface area contributed by atoms with E-state index in [0.29, 0.717) is 11.1 Å². The zero-order chi connectivity index (χ0) is 20.4. The van der Waals surface area contributed by atoms with Crippen LogP contribution >= 0.6 is 0 Å². The molecule has 1 amide bonds. The van der Waals surface area contributed by atoms with Crippen LogP contribution in [0.3, 0.4) is 0 Å². The number of benzene rings is 2. The number of carbonyl (C=O) groups is 1. The molecule has 0 bridgehead atoms. The molecule has 3 N–H and O–H groups in total. The predicted molar refractivity (Wildman–Crippen MR) is 118 cm³/mol. The summed E-state index contributed by atoms with van der Waals surface area (Å²) in [4.78, 5) is 21.6. The lowest BCUT2D eigenvalue weighted by Crippen LogP contribution is -2.38. The summed E-state index contributed by atoms with van der Waals surface area (Å²) >= 11 is 0. The van der Waals surface area contributed by atoms with Gasteiger partial charge in [0.25, 0.3) is 5.91 Å². The van der Waals surface area contributed by atoms with Crippen molar-refractivity contribution in [2.75, 3.05) is 6.54 Å². The van der Waals surface area contributed by atoms with Gasteiger partial charge < -0.3 is 10.3 Å². The second kappa shape index (κ2) is 6.24. The summed E-state index contributed by atoms with van der Waals surface area (Å²) in [6.07, 6.45) is 1.96. The van der Waals surface area contributed by atoms with Gasteiger partial charge in [-0.3, -0.25) is 9.63 Å². The number of carbonyl (C=O) groups excluding carboxylic acids is 1. The Balaban J connectivity index is 1.72. The molecule has 9 heteroatoms. The molecule has 2 aromatic carbocycles. The van der Waals surface area contributed by atoms with E-state index in [9.17, 15) is 4.79 Å². The van der Waals surface area contributed by atoms with E-state index in [1.807, 2.05) is 40.0 Å². The molecule has 0 radical (unpaired) electrons. The first-order valence-corrected chi connectivity index (χ1v) is 9.99. The quantitative estimate of drug-likeness (QED) is 0.551. The zero-order valence-electron chi connectivity index (χ0n) is 16.8. The van der Waals surface area contributed by atoms with Crippen molar-refractivity contribution in [3.8, 4) is 11.3 Å². The molecule has 2 aliphatic rings. The largest absolute Gasteiger partial charge is 0.354 e. The van der Waals surface area contributed by atoms with Crippen LogP contribution < -0.4 is 10.8 Å². The monoisotopic (exact) mass is 387 g/mol. The van der Waals surface area contributed by atoms with E-state index in [1.54, 1.807) is 12.1 Å². The Morgan fingerprint density at radius 3 is 2.69 bits per heavy atom. The van der Waals surface area contributed by atoms with Gasteiger partial charge in [0.15, 0.2) is 0 Å². The highest BCUT2D eigenvalue weighted by Gasteiger charge is 2.36. The van der Waals surface area contributed by atoms with Crippen LogP contribution in [-0.2, 0) is 15.7 Å². The standard InChI is InChI=1S/C20H21B3FN3O2/c21-19(7-2-8-25-19)12-6-5-10(9-13(12)24)17-16-15-11(3-1-4-14(15)26-17)18(28)27-29-20(16,22)23/h1,3-6,9,25-26H,2,7-8,21-23H2,(H,27,28). The van der Waals surface area contributed by atoms with Gasteiger partial charge in [-0.25, -0.2) is 9.87 Å². The van der Waals surface area contributed by atoms with Crippen LogP contribution in [0.5, 0.6) is 0 Å². The number of amides is 1. The topological polar surface area (TPSA) is 66.1 Å². The van der Waals surface area contributed by atoms with Crippen molar-refractivity contribution in [3.05, 3.63) is 58.9 Å². The normalized spacial score (nSPS) is 23.1. The third-order valence-corrected chi connectivity index (χ3v) is 6.29. The number of hydrogen-bond donors (Lipinski definition) is 3. The Bertz CT molecular complexity index is 1160. The summed E-state index contributed by atoms with van der Waals surface area (Å²) in [6.45, 7) is 0.902. The first kappa shape index (κ1) is 18.5. The molecular formula is C20H21B3FN3O2. The number of rotatable bonds is 2. The Morgan fingerprint density at radius 1 is 1.14 bits per heavy atom. The highest BCUT2D eigenvalue weighted by Crippen LogP contribution is 2.40. The third kappa shape index (κ3) is 2.75. The maximum Gasteiger partial charge on any atom is 0.275 e. The molecule has 1 unspecified atom stereocenters. The lowest BCUT2D eigenvalue weighted by molar-refractivity contribution is -0.000557. The van der Waals surface area contributed by atoms with Gasteiger partial charge in [-0.05, 0) is 43.1 Å². The van der Waals surface area contributed by atoms with Crippen LogP contribution in [0.1, 0.15) is 34.3 Å². The highest BCUT2D eigenvalue weighted by molar-refractivity contribution is 6.41. The summed E-state index contributed by atoms with van der Waals surface area (Å²) in [5.41, 5.74) is 6.61. The molecule has 0 aliphatic carbocycles. The van der Waals surface area contributed by atoms with Crippen molar-refractivity contribution in [1.29, 1.82) is 0 Å². The molecule has 144 valence electrons. The fraction of sp³-hybridized carbons (Fsp3) is 0.250. The van der Waals surface area contributed by atoms with Gasteiger partial charge in [0.2, 0.25) is 0 Å². The summed E-state index contributed by atoms with van der Waals surface area (Å²) in [7, 11) is 5.85. The summed E-state index contributed by atoms with van der Waals surface area (Å²) in [5.74, 6) is -0.512. The van der Waals surface area contributed by atoms with E-state index in [0.717, 1.165) is 47.1 Å². The van der Waals surface area contributed by atoms with Gasteiger partial charge in [0.1, 0.15) is 29.4 Å². The summed E-state index contributed by atoms with van der Waals surface area (Å²) in [6, 6.07) is 10.9. The highest BCUT2D eigenvalue weighted by atomic mass is 19.1. The number of halogens is 1. The van der Waals surface area contributed by atoms with E-state index in [-0.39, 0.29) is 17.2 Å². The summed E-state index contributed by atoms with van der Waals surface area (Å²) < 4.78 is 15.2. The first-order chi connectivity index (χ1) is 13.8. The van der Waals surface area contributed by atoms with E-state index in [1.165, 1.54) is 0 Å². The van der Waals surface area contributed by atoms with Crippen molar-refractivity contribution < 1.29 is 14.0 Å². The van der Waals surface area contributed by atoms with Gasteiger partial charge >= 0.3 is 0 Å². The molecule has 1 atom stereocenters. The van der Waals surface area contributed by atoms with Crippen molar-refractivity contribution >= 4 is 40.3 Å². The molecule has 2 aliphatic heterocycles. The van der Waals surface area contributed by atoms with Crippen LogP contribution in [0.15, 0.2) is 36.4 Å². The maximum atomic E-state index is 15.2. The Morgan fingerprint density at radius 2 is 1.97 bits per heavy atom. The van der Waals surface area contributed by atoms with Gasteiger partial charge in [-0.2, -0.15) is 0 Å². The number of H-pyrrole nitrogens is 1. The molecule has 0 saturated carbocycles. The molecule has 5 rings (SSSR count). The number of hydrogen-bond acceptors (Lipinski definition) is 3. The molecule has 0 spiro atoms. The fourth-order valence-corrected chi connectivity index (χ4v) is 4.78. The van der Waals surface area contributed by atoms with Crippen molar-refractivity contribution in [1.82, 2.24) is 15.8 Å². The second-order valence-electron chi connectivity index (χ2n) is 8.70. The minimum absolute atomic E-state index is 0.230. The van der Waals surface area contributed by atoms with Crippen LogP contribution in [0, 0.1) is 5.82 Å². The van der Waals surface area contributed by atoms with Crippen molar-refractivity contribution in [2.45, 2.75) is 23.7 Å². The molecular weight excluding hydrogens is 366 g/mol. The molecule has 3 heterocycles. The molecule has 3 aromatic rings. The molecule has 1 aromatic heterocycles. The minimum Gasteiger partial charge on any atom is -0.354 e. The summed E-state index contributed by atoms with van der Waals surface area (Å²) in [5, 5.41) is 3.45. The Labute approximate surface area is 171 Å². The molecule has 5 nitrogen and oxygen atoms in total. The van der Waals surface area contributed by atoms with E-state index >= 15 is 4.39 Å². The first-order valence-electron chi connectivity index (χ1n) is 9.99. The zero-order valence-corrected chi connectivity index (χ0v) is 16.8. The van der Waals surface area contributed by atoms with E-state index < -0.39 is 5.40 Å². The Hall–Kier alpha value is -2.51. The van der Waals surface area contributed by atoms with E-state index in [4.69, 9.17) is 4.84 Å². The van der Waals surface area contributed by atoms with Gasteiger partial charge in [-0.1, -0.05) is 18.2 Å². The number of aromatic nitrogens is 1. The van der Waals surface area contributed by atoms with Gasteiger partial charge in [0.05, 0.1) is 16.7 Å². The SMILES string of the molecule is BC1(c2ccc(-c3[nH]c4cccc5c4c3C(B)(B)ONC5=O)cc2F)CCCN1. The smallest absolute Gasteiger partial charge is 0.275 e.